The van der Waals surface area contributed by atoms with E-state index in [4.69, 9.17) is 0 Å². The molecule has 3 rings (SSSR count). The minimum Gasteiger partial charge on any atom is -0.387 e. The van der Waals surface area contributed by atoms with Gasteiger partial charge in [0.2, 0.25) is 0 Å². The molecule has 0 aliphatic heterocycles. The minimum atomic E-state index is -0.725. The predicted molar refractivity (Wildman–Crippen MR) is 86.7 cm³/mol. The lowest BCUT2D eigenvalue weighted by atomic mass is 10.1. The summed E-state index contributed by atoms with van der Waals surface area (Å²) >= 11 is 0. The summed E-state index contributed by atoms with van der Waals surface area (Å²) in [7, 11) is 1.98. The Morgan fingerprint density at radius 1 is 1.18 bits per heavy atom. The molecule has 4 heteroatoms. The third kappa shape index (κ3) is 2.87. The Bertz CT molecular complexity index is 793. The number of fused-ring (bicyclic) bond motifs is 1. The first-order valence-electron chi connectivity index (χ1n) is 7.21. The standard InChI is InChI=1S/C18H18N2O2/c1-20-10-9-14-11-15(7-8-16(14)20)17(21)12-19-18(22)13-5-3-2-4-6-13/h2-11,17,21H,12H2,1H3,(H,19,22)/t17-/m1/s1. The minimum absolute atomic E-state index is 0.180. The van der Waals surface area contributed by atoms with E-state index >= 15 is 0 Å². The van der Waals surface area contributed by atoms with Gasteiger partial charge < -0.3 is 15.0 Å². The molecule has 4 nitrogen and oxygen atoms in total. The molecule has 0 aliphatic carbocycles. The Morgan fingerprint density at radius 3 is 2.73 bits per heavy atom. The molecule has 22 heavy (non-hydrogen) atoms. The van der Waals surface area contributed by atoms with E-state index in [1.165, 1.54) is 0 Å². The molecule has 0 radical (unpaired) electrons. The molecule has 0 aliphatic rings. The summed E-state index contributed by atoms with van der Waals surface area (Å²) in [6.07, 6.45) is 1.26. The second kappa shape index (κ2) is 6.03. The number of hydrogen-bond acceptors (Lipinski definition) is 2. The largest absolute Gasteiger partial charge is 0.387 e. The first kappa shape index (κ1) is 14.4. The number of carbonyl (C=O) groups excluding carboxylic acids is 1. The summed E-state index contributed by atoms with van der Waals surface area (Å²) in [6, 6.07) is 16.8. The SMILES string of the molecule is Cn1ccc2cc([C@H](O)CNC(=O)c3ccccc3)ccc21. The van der Waals surface area contributed by atoms with E-state index in [0.717, 1.165) is 16.5 Å². The van der Waals surface area contributed by atoms with Crippen LogP contribution in [0.2, 0.25) is 0 Å². The molecule has 2 aromatic carbocycles. The summed E-state index contributed by atoms with van der Waals surface area (Å²) in [5.41, 5.74) is 2.50. The van der Waals surface area contributed by atoms with Crippen LogP contribution in [0.25, 0.3) is 10.9 Å². The van der Waals surface area contributed by atoms with Crippen molar-refractivity contribution in [2.24, 2.45) is 7.05 Å². The molecule has 0 bridgehead atoms. The fourth-order valence-corrected chi connectivity index (χ4v) is 2.51. The van der Waals surface area contributed by atoms with Gasteiger partial charge in [-0.2, -0.15) is 0 Å². The van der Waals surface area contributed by atoms with Crippen LogP contribution in [0.3, 0.4) is 0 Å². The third-order valence-corrected chi connectivity index (χ3v) is 3.79. The normalized spacial score (nSPS) is 12.3. The number of aliphatic hydroxyl groups excluding tert-OH is 1. The maximum atomic E-state index is 12.0. The quantitative estimate of drug-likeness (QED) is 0.777. The molecule has 0 fully saturated rings. The average molecular weight is 294 g/mol. The average Bonchev–Trinajstić information content (AvgIpc) is 2.93. The second-order valence-corrected chi connectivity index (χ2v) is 5.34. The Morgan fingerprint density at radius 2 is 1.95 bits per heavy atom. The van der Waals surface area contributed by atoms with E-state index in [1.807, 2.05) is 60.3 Å². The summed E-state index contributed by atoms with van der Waals surface area (Å²) in [5.74, 6) is -0.180. The van der Waals surface area contributed by atoms with Gasteiger partial charge >= 0.3 is 0 Å². The van der Waals surface area contributed by atoms with Crippen molar-refractivity contribution in [1.29, 1.82) is 0 Å². The van der Waals surface area contributed by atoms with Gasteiger partial charge in [0.05, 0.1) is 6.10 Å². The highest BCUT2D eigenvalue weighted by molar-refractivity contribution is 5.94. The maximum Gasteiger partial charge on any atom is 0.251 e. The van der Waals surface area contributed by atoms with Crippen molar-refractivity contribution in [2.75, 3.05) is 6.54 Å². The number of hydrogen-bond donors (Lipinski definition) is 2. The van der Waals surface area contributed by atoms with Crippen LogP contribution in [0.5, 0.6) is 0 Å². The lowest BCUT2D eigenvalue weighted by Gasteiger charge is -2.13. The maximum absolute atomic E-state index is 12.0. The topological polar surface area (TPSA) is 54.3 Å². The molecule has 1 aromatic heterocycles. The molecule has 1 heterocycles. The smallest absolute Gasteiger partial charge is 0.251 e. The summed E-state index contributed by atoms with van der Waals surface area (Å²) in [6.45, 7) is 0.187. The monoisotopic (exact) mass is 294 g/mol. The van der Waals surface area contributed by atoms with Gasteiger partial charge in [-0.05, 0) is 41.3 Å². The molecular weight excluding hydrogens is 276 g/mol. The lowest BCUT2D eigenvalue weighted by Crippen LogP contribution is -2.28. The highest BCUT2D eigenvalue weighted by Gasteiger charge is 2.11. The number of aromatic nitrogens is 1. The van der Waals surface area contributed by atoms with E-state index in [2.05, 4.69) is 5.32 Å². The zero-order valence-corrected chi connectivity index (χ0v) is 12.4. The predicted octanol–water partition coefficient (Wildman–Crippen LogP) is 2.64. The van der Waals surface area contributed by atoms with Gasteiger partial charge in [0.15, 0.2) is 0 Å². The van der Waals surface area contributed by atoms with E-state index in [-0.39, 0.29) is 12.5 Å². The van der Waals surface area contributed by atoms with E-state index in [1.54, 1.807) is 12.1 Å². The number of nitrogens with zero attached hydrogens (tertiary/aromatic N) is 1. The van der Waals surface area contributed by atoms with E-state index < -0.39 is 6.10 Å². The zero-order chi connectivity index (χ0) is 15.5. The highest BCUT2D eigenvalue weighted by Crippen LogP contribution is 2.20. The van der Waals surface area contributed by atoms with Crippen LogP contribution in [0.1, 0.15) is 22.0 Å². The molecule has 2 N–H and O–H groups in total. The van der Waals surface area contributed by atoms with Crippen LogP contribution in [0.4, 0.5) is 0 Å². The van der Waals surface area contributed by atoms with E-state index in [9.17, 15) is 9.90 Å². The molecule has 1 atom stereocenters. The number of benzene rings is 2. The van der Waals surface area contributed by atoms with Crippen LogP contribution < -0.4 is 5.32 Å². The van der Waals surface area contributed by atoms with Crippen molar-refractivity contribution >= 4 is 16.8 Å². The van der Waals surface area contributed by atoms with E-state index in [0.29, 0.717) is 5.56 Å². The Balaban J connectivity index is 1.68. The van der Waals surface area contributed by atoms with Crippen LogP contribution in [-0.2, 0) is 7.05 Å². The third-order valence-electron chi connectivity index (χ3n) is 3.79. The van der Waals surface area contributed by atoms with Gasteiger partial charge in [-0.3, -0.25) is 4.79 Å². The van der Waals surface area contributed by atoms with Crippen molar-refractivity contribution in [3.63, 3.8) is 0 Å². The van der Waals surface area contributed by atoms with Crippen LogP contribution in [-0.4, -0.2) is 22.1 Å². The molecule has 0 spiro atoms. The fourth-order valence-electron chi connectivity index (χ4n) is 2.51. The fraction of sp³-hybridized carbons (Fsp3) is 0.167. The molecule has 0 unspecified atom stereocenters. The summed E-state index contributed by atoms with van der Waals surface area (Å²) in [5, 5.41) is 14.1. The van der Waals surface area contributed by atoms with Crippen molar-refractivity contribution in [3.8, 4) is 0 Å². The Labute approximate surface area is 129 Å². The van der Waals surface area contributed by atoms with Crippen LogP contribution in [0, 0.1) is 0 Å². The van der Waals surface area contributed by atoms with Gasteiger partial charge in [-0.25, -0.2) is 0 Å². The Kier molecular flexibility index (Phi) is 3.94. The Hall–Kier alpha value is -2.59. The summed E-state index contributed by atoms with van der Waals surface area (Å²) in [4.78, 5) is 12.0. The van der Waals surface area contributed by atoms with Crippen molar-refractivity contribution < 1.29 is 9.90 Å². The molecule has 0 saturated carbocycles. The number of amides is 1. The number of aliphatic hydroxyl groups is 1. The number of rotatable bonds is 4. The first-order chi connectivity index (χ1) is 10.6. The van der Waals surface area contributed by atoms with Gasteiger partial charge in [0.25, 0.3) is 5.91 Å². The van der Waals surface area contributed by atoms with Gasteiger partial charge in [0, 0.05) is 30.9 Å². The molecule has 1 amide bonds. The van der Waals surface area contributed by atoms with Gasteiger partial charge in [-0.1, -0.05) is 24.3 Å². The van der Waals surface area contributed by atoms with Crippen molar-refractivity contribution in [2.45, 2.75) is 6.10 Å². The number of aryl methyl sites for hydroxylation is 1. The van der Waals surface area contributed by atoms with Gasteiger partial charge in [-0.15, -0.1) is 0 Å². The zero-order valence-electron chi connectivity index (χ0n) is 12.4. The summed E-state index contributed by atoms with van der Waals surface area (Å²) < 4.78 is 2.03. The number of carbonyl (C=O) groups is 1. The van der Waals surface area contributed by atoms with Crippen LogP contribution in [0.15, 0.2) is 60.8 Å². The van der Waals surface area contributed by atoms with Crippen molar-refractivity contribution in [3.05, 3.63) is 71.9 Å². The first-order valence-corrected chi connectivity index (χ1v) is 7.21. The molecule has 112 valence electrons. The lowest BCUT2D eigenvalue weighted by molar-refractivity contribution is 0.0916. The second-order valence-electron chi connectivity index (χ2n) is 5.34. The van der Waals surface area contributed by atoms with Crippen LogP contribution >= 0.6 is 0 Å². The highest BCUT2D eigenvalue weighted by atomic mass is 16.3. The molecule has 3 aromatic rings. The van der Waals surface area contributed by atoms with Gasteiger partial charge in [0.1, 0.15) is 0 Å². The molecular formula is C18H18N2O2. The number of nitrogens with one attached hydrogen (secondary N) is 1. The van der Waals surface area contributed by atoms with Crippen molar-refractivity contribution in [1.82, 2.24) is 9.88 Å². The molecule has 0 saturated heterocycles.